The molecule has 6 heteroatoms. The zero-order valence-electron chi connectivity index (χ0n) is 18.1. The van der Waals surface area contributed by atoms with E-state index in [4.69, 9.17) is 11.6 Å². The van der Waals surface area contributed by atoms with Crippen LogP contribution in [0.25, 0.3) is 0 Å². The van der Waals surface area contributed by atoms with Crippen LogP contribution in [0.4, 0.5) is 10.5 Å². The summed E-state index contributed by atoms with van der Waals surface area (Å²) in [6.45, 7) is 4.44. The SMILES string of the molecule is Cc1ccccc1CN1CCCN(c2ccc(C(=O)NCc3ccccc3Cl)cc2)C1=O. The molecule has 3 aromatic rings. The fourth-order valence-electron chi connectivity index (χ4n) is 3.87. The summed E-state index contributed by atoms with van der Waals surface area (Å²) < 4.78 is 0. The molecular formula is C26H26ClN3O2. The van der Waals surface area contributed by atoms with Crippen LogP contribution >= 0.6 is 11.6 Å². The van der Waals surface area contributed by atoms with E-state index in [1.54, 1.807) is 23.1 Å². The van der Waals surface area contributed by atoms with E-state index in [-0.39, 0.29) is 11.9 Å². The maximum Gasteiger partial charge on any atom is 0.324 e. The average molecular weight is 448 g/mol. The minimum absolute atomic E-state index is 0.00424. The third kappa shape index (κ3) is 4.94. The molecule has 32 heavy (non-hydrogen) atoms. The molecule has 1 saturated heterocycles. The number of nitrogens with zero attached hydrogens (tertiary/aromatic N) is 2. The van der Waals surface area contributed by atoms with Gasteiger partial charge >= 0.3 is 6.03 Å². The molecule has 1 heterocycles. The van der Waals surface area contributed by atoms with Crippen LogP contribution in [-0.2, 0) is 13.1 Å². The van der Waals surface area contributed by atoms with Gasteiger partial charge in [-0.25, -0.2) is 4.79 Å². The van der Waals surface area contributed by atoms with Crippen LogP contribution in [0.15, 0.2) is 72.8 Å². The summed E-state index contributed by atoms with van der Waals surface area (Å²) in [5.41, 5.74) is 4.55. The number of hydrogen-bond donors (Lipinski definition) is 1. The predicted octanol–water partition coefficient (Wildman–Crippen LogP) is 5.41. The lowest BCUT2D eigenvalue weighted by Gasteiger charge is -2.36. The minimum atomic E-state index is -0.178. The number of carbonyl (C=O) groups is 2. The number of halogens is 1. The Labute approximate surface area is 193 Å². The molecule has 4 rings (SSSR count). The first-order chi connectivity index (χ1) is 15.5. The normalized spacial score (nSPS) is 13.9. The average Bonchev–Trinajstić information content (AvgIpc) is 2.81. The number of benzene rings is 3. The maximum atomic E-state index is 13.1. The van der Waals surface area contributed by atoms with Crippen molar-refractivity contribution in [1.29, 1.82) is 0 Å². The molecule has 0 aromatic heterocycles. The second-order valence-corrected chi connectivity index (χ2v) is 8.36. The quantitative estimate of drug-likeness (QED) is 0.549. The van der Waals surface area contributed by atoms with E-state index < -0.39 is 0 Å². The van der Waals surface area contributed by atoms with Gasteiger partial charge in [0.25, 0.3) is 5.91 Å². The minimum Gasteiger partial charge on any atom is -0.348 e. The highest BCUT2D eigenvalue weighted by molar-refractivity contribution is 6.31. The van der Waals surface area contributed by atoms with Crippen LogP contribution in [0, 0.1) is 6.92 Å². The molecule has 0 unspecified atom stereocenters. The molecule has 164 valence electrons. The van der Waals surface area contributed by atoms with E-state index >= 15 is 0 Å². The van der Waals surface area contributed by atoms with Gasteiger partial charge in [0.15, 0.2) is 0 Å². The van der Waals surface area contributed by atoms with Crippen molar-refractivity contribution in [2.45, 2.75) is 26.4 Å². The lowest BCUT2D eigenvalue weighted by atomic mass is 10.1. The molecule has 0 radical (unpaired) electrons. The Hall–Kier alpha value is -3.31. The number of urea groups is 1. The Balaban J connectivity index is 1.40. The molecule has 1 fully saturated rings. The summed E-state index contributed by atoms with van der Waals surface area (Å²) >= 11 is 6.15. The lowest BCUT2D eigenvalue weighted by molar-refractivity contribution is 0.0951. The number of anilines is 1. The first kappa shape index (κ1) is 21.9. The highest BCUT2D eigenvalue weighted by Crippen LogP contribution is 2.23. The summed E-state index contributed by atoms with van der Waals surface area (Å²) in [5, 5.41) is 3.52. The highest BCUT2D eigenvalue weighted by Gasteiger charge is 2.27. The second-order valence-electron chi connectivity index (χ2n) is 7.96. The number of aryl methyl sites for hydroxylation is 1. The lowest BCUT2D eigenvalue weighted by Crippen LogP contribution is -2.49. The number of carbonyl (C=O) groups excluding carboxylic acids is 2. The largest absolute Gasteiger partial charge is 0.348 e. The third-order valence-electron chi connectivity index (χ3n) is 5.77. The Morgan fingerprint density at radius 3 is 2.34 bits per heavy atom. The second kappa shape index (κ2) is 9.88. The first-order valence-corrected chi connectivity index (χ1v) is 11.1. The van der Waals surface area contributed by atoms with E-state index in [9.17, 15) is 9.59 Å². The topological polar surface area (TPSA) is 52.6 Å². The maximum absolute atomic E-state index is 13.1. The van der Waals surface area contributed by atoms with Crippen LogP contribution < -0.4 is 10.2 Å². The van der Waals surface area contributed by atoms with Gasteiger partial charge in [-0.3, -0.25) is 9.69 Å². The van der Waals surface area contributed by atoms with Crippen molar-refractivity contribution in [3.63, 3.8) is 0 Å². The van der Waals surface area contributed by atoms with Crippen LogP contribution in [0.3, 0.4) is 0 Å². The summed E-state index contributed by atoms with van der Waals surface area (Å²) in [4.78, 5) is 29.3. The molecule has 1 aliphatic heterocycles. The van der Waals surface area contributed by atoms with E-state index in [0.717, 1.165) is 29.8 Å². The van der Waals surface area contributed by atoms with E-state index in [1.807, 2.05) is 47.4 Å². The molecule has 0 spiro atoms. The van der Waals surface area contributed by atoms with E-state index in [2.05, 4.69) is 24.4 Å². The van der Waals surface area contributed by atoms with Crippen LogP contribution in [0.5, 0.6) is 0 Å². The molecule has 0 bridgehead atoms. The van der Waals surface area contributed by atoms with Gasteiger partial charge in [0, 0.05) is 42.5 Å². The fraction of sp³-hybridized carbons (Fsp3) is 0.231. The molecule has 1 N–H and O–H groups in total. The van der Waals surface area contributed by atoms with Crippen LogP contribution in [0.1, 0.15) is 33.5 Å². The van der Waals surface area contributed by atoms with Crippen molar-refractivity contribution in [2.75, 3.05) is 18.0 Å². The van der Waals surface area contributed by atoms with Gasteiger partial charge in [0.2, 0.25) is 0 Å². The van der Waals surface area contributed by atoms with Gasteiger partial charge in [0.05, 0.1) is 0 Å². The highest BCUT2D eigenvalue weighted by atomic mass is 35.5. The molecule has 1 aliphatic rings. The van der Waals surface area contributed by atoms with Crippen molar-refractivity contribution in [1.82, 2.24) is 10.2 Å². The molecule has 3 amide bonds. The zero-order chi connectivity index (χ0) is 22.5. The van der Waals surface area contributed by atoms with Gasteiger partial charge in [-0.1, -0.05) is 54.1 Å². The standard InChI is InChI=1S/C26H26ClN3O2/c1-19-7-2-3-9-22(19)18-29-15-6-16-30(26(29)32)23-13-11-20(12-14-23)25(31)28-17-21-8-4-5-10-24(21)27/h2-5,7-14H,6,15-18H2,1H3,(H,28,31). The Morgan fingerprint density at radius 2 is 1.62 bits per heavy atom. The Bertz CT molecular complexity index is 1110. The van der Waals surface area contributed by atoms with Crippen molar-refractivity contribution in [2.24, 2.45) is 0 Å². The molecule has 0 aliphatic carbocycles. The number of nitrogens with one attached hydrogen (secondary N) is 1. The van der Waals surface area contributed by atoms with Gasteiger partial charge in [-0.15, -0.1) is 0 Å². The van der Waals surface area contributed by atoms with Crippen LogP contribution in [-0.4, -0.2) is 29.9 Å². The van der Waals surface area contributed by atoms with Crippen molar-refractivity contribution >= 4 is 29.2 Å². The smallest absolute Gasteiger partial charge is 0.324 e. The number of hydrogen-bond acceptors (Lipinski definition) is 2. The summed E-state index contributed by atoms with van der Waals surface area (Å²) in [6, 6.07) is 22.8. The molecule has 0 atom stereocenters. The Morgan fingerprint density at radius 1 is 0.938 bits per heavy atom. The monoisotopic (exact) mass is 447 g/mol. The molecule has 5 nitrogen and oxygen atoms in total. The summed E-state index contributed by atoms with van der Waals surface area (Å²) in [6.07, 6.45) is 0.900. The van der Waals surface area contributed by atoms with Crippen molar-refractivity contribution < 1.29 is 9.59 Å². The first-order valence-electron chi connectivity index (χ1n) is 10.8. The predicted molar refractivity (Wildman–Crippen MR) is 128 cm³/mol. The number of amides is 3. The van der Waals surface area contributed by atoms with E-state index in [1.165, 1.54) is 5.56 Å². The van der Waals surface area contributed by atoms with Gasteiger partial charge in [0.1, 0.15) is 0 Å². The summed E-state index contributed by atoms with van der Waals surface area (Å²) in [7, 11) is 0. The Kier molecular flexibility index (Phi) is 6.76. The van der Waals surface area contributed by atoms with Gasteiger partial charge in [-0.2, -0.15) is 0 Å². The van der Waals surface area contributed by atoms with Crippen molar-refractivity contribution in [3.05, 3.63) is 100 Å². The summed E-state index contributed by atoms with van der Waals surface area (Å²) in [5.74, 6) is -0.178. The zero-order valence-corrected chi connectivity index (χ0v) is 18.8. The fourth-order valence-corrected chi connectivity index (χ4v) is 4.08. The van der Waals surface area contributed by atoms with Crippen molar-refractivity contribution in [3.8, 4) is 0 Å². The van der Waals surface area contributed by atoms with Gasteiger partial charge in [-0.05, 0) is 60.4 Å². The molecular weight excluding hydrogens is 422 g/mol. The molecule has 0 saturated carbocycles. The molecule has 3 aromatic carbocycles. The van der Waals surface area contributed by atoms with E-state index in [0.29, 0.717) is 30.2 Å². The van der Waals surface area contributed by atoms with Gasteiger partial charge < -0.3 is 10.2 Å². The third-order valence-corrected chi connectivity index (χ3v) is 6.14. The number of rotatable bonds is 6. The van der Waals surface area contributed by atoms with Crippen LogP contribution in [0.2, 0.25) is 5.02 Å².